The van der Waals surface area contributed by atoms with Gasteiger partial charge in [0.15, 0.2) is 6.35 Å². The number of aliphatic hydroxyl groups is 1. The van der Waals surface area contributed by atoms with Crippen molar-refractivity contribution in [3.63, 3.8) is 0 Å². The number of nitrogens with zero attached hydrogens (tertiary/aromatic N) is 2. The predicted octanol–water partition coefficient (Wildman–Crippen LogP) is 4.00. The van der Waals surface area contributed by atoms with Gasteiger partial charge in [0.1, 0.15) is 5.82 Å². The largest absolute Gasteiger partial charge is 0.419 e. The maximum Gasteiger partial charge on any atom is 0.419 e. The van der Waals surface area contributed by atoms with E-state index in [0.717, 1.165) is 18.2 Å². The second-order valence-corrected chi connectivity index (χ2v) is 7.09. The predicted molar refractivity (Wildman–Crippen MR) is 99.3 cm³/mol. The summed E-state index contributed by atoms with van der Waals surface area (Å²) in [5.74, 6) is -1.34. The van der Waals surface area contributed by atoms with Crippen molar-refractivity contribution >= 4 is 17.3 Å². The number of hydrogen-bond acceptors (Lipinski definition) is 4. The van der Waals surface area contributed by atoms with E-state index in [-0.39, 0.29) is 5.69 Å². The molecule has 3 rings (SSSR count). The summed E-state index contributed by atoms with van der Waals surface area (Å²) in [6.07, 6.45) is -5.95. The van der Waals surface area contributed by atoms with Crippen LogP contribution in [0.2, 0.25) is 5.02 Å². The molecule has 0 spiro atoms. The highest BCUT2D eigenvalue weighted by Crippen LogP contribution is 2.33. The average molecular weight is 418 g/mol. The molecule has 1 saturated heterocycles. The monoisotopic (exact) mass is 417 g/mol. The third kappa shape index (κ3) is 5.35. The van der Waals surface area contributed by atoms with E-state index < -0.39 is 23.9 Å². The summed E-state index contributed by atoms with van der Waals surface area (Å²) >= 11 is 5.88. The molecule has 1 atom stereocenters. The van der Waals surface area contributed by atoms with Gasteiger partial charge in [-0.3, -0.25) is 9.80 Å². The van der Waals surface area contributed by atoms with Crippen LogP contribution >= 0.6 is 11.6 Å². The molecule has 0 bridgehead atoms. The summed E-state index contributed by atoms with van der Waals surface area (Å²) in [6, 6.07) is 10.1. The van der Waals surface area contributed by atoms with Crippen molar-refractivity contribution in [2.45, 2.75) is 19.1 Å². The molecule has 0 amide bonds. The molecule has 2 aromatic carbocycles. The molecule has 2 N–H and O–H groups in total. The van der Waals surface area contributed by atoms with Crippen LogP contribution in [0.5, 0.6) is 0 Å². The Morgan fingerprint density at radius 2 is 1.68 bits per heavy atom. The topological polar surface area (TPSA) is 38.7 Å². The maximum absolute atomic E-state index is 13.4. The smallest absolute Gasteiger partial charge is 0.361 e. The van der Waals surface area contributed by atoms with Crippen LogP contribution < -0.4 is 5.32 Å². The number of hydrogen-bond donors (Lipinski definition) is 2. The third-order valence-corrected chi connectivity index (χ3v) is 4.89. The molecule has 0 radical (unpaired) electrons. The molecule has 2 aromatic rings. The lowest BCUT2D eigenvalue weighted by atomic mass is 10.2. The molecule has 152 valence electrons. The lowest BCUT2D eigenvalue weighted by Crippen LogP contribution is -2.52. The first-order chi connectivity index (χ1) is 13.2. The zero-order valence-electron chi connectivity index (χ0n) is 14.9. The van der Waals surface area contributed by atoms with Crippen molar-refractivity contribution in [2.75, 3.05) is 31.5 Å². The third-order valence-electron chi connectivity index (χ3n) is 4.64. The quantitative estimate of drug-likeness (QED) is 0.569. The summed E-state index contributed by atoms with van der Waals surface area (Å²) in [7, 11) is 0. The number of nitrogens with one attached hydrogen (secondary N) is 1. The highest BCUT2D eigenvalue weighted by atomic mass is 35.5. The molecular weight excluding hydrogens is 398 g/mol. The van der Waals surface area contributed by atoms with Gasteiger partial charge in [-0.25, -0.2) is 4.39 Å². The van der Waals surface area contributed by atoms with Gasteiger partial charge in [-0.2, -0.15) is 13.2 Å². The van der Waals surface area contributed by atoms with Gasteiger partial charge >= 0.3 is 6.18 Å². The number of benzene rings is 2. The second-order valence-electron chi connectivity index (χ2n) is 6.65. The van der Waals surface area contributed by atoms with Gasteiger partial charge in [-0.1, -0.05) is 23.7 Å². The Morgan fingerprint density at radius 3 is 2.29 bits per heavy atom. The SMILES string of the molecule is OC(Nc1ccc(F)c(C(F)(F)F)c1)N1CCN(Cc2ccc(Cl)cc2)CC1. The maximum atomic E-state index is 13.4. The van der Waals surface area contributed by atoms with Gasteiger partial charge in [0.05, 0.1) is 5.56 Å². The van der Waals surface area contributed by atoms with Crippen molar-refractivity contribution in [1.82, 2.24) is 9.80 Å². The minimum Gasteiger partial charge on any atom is -0.361 e. The molecule has 28 heavy (non-hydrogen) atoms. The van der Waals surface area contributed by atoms with E-state index in [1.54, 1.807) is 4.90 Å². The Hall–Kier alpha value is -1.87. The van der Waals surface area contributed by atoms with Gasteiger partial charge in [0.2, 0.25) is 0 Å². The normalized spacial score (nSPS) is 17.5. The molecule has 1 aliphatic rings. The standard InChI is InChI=1S/C19H20ClF4N3O/c20-14-3-1-13(2-4-14)12-26-7-9-27(10-8-26)18(28)25-15-5-6-17(21)16(11-15)19(22,23)24/h1-6,11,18,25,28H,7-10,12H2. The van der Waals surface area contributed by atoms with Gasteiger partial charge < -0.3 is 10.4 Å². The fraction of sp³-hybridized carbons (Fsp3) is 0.368. The van der Waals surface area contributed by atoms with Gasteiger partial charge in [-0.05, 0) is 35.9 Å². The van der Waals surface area contributed by atoms with Crippen molar-refractivity contribution in [2.24, 2.45) is 0 Å². The fourth-order valence-electron chi connectivity index (χ4n) is 3.09. The van der Waals surface area contributed by atoms with Crippen LogP contribution in [0.15, 0.2) is 42.5 Å². The first-order valence-corrected chi connectivity index (χ1v) is 9.12. The number of anilines is 1. The van der Waals surface area contributed by atoms with E-state index in [1.807, 2.05) is 24.3 Å². The Labute approximate surface area is 165 Å². The van der Waals surface area contributed by atoms with E-state index in [4.69, 9.17) is 11.6 Å². The van der Waals surface area contributed by atoms with Crippen LogP contribution in [0, 0.1) is 5.82 Å². The number of piperazine rings is 1. The Morgan fingerprint density at radius 1 is 1.04 bits per heavy atom. The highest BCUT2D eigenvalue weighted by molar-refractivity contribution is 6.30. The molecule has 0 saturated carbocycles. The van der Waals surface area contributed by atoms with Crippen LogP contribution in [0.4, 0.5) is 23.2 Å². The van der Waals surface area contributed by atoms with Gasteiger partial charge in [0.25, 0.3) is 0 Å². The van der Waals surface area contributed by atoms with Crippen molar-refractivity contribution in [3.8, 4) is 0 Å². The van der Waals surface area contributed by atoms with E-state index >= 15 is 0 Å². The minimum absolute atomic E-state index is 0.00446. The summed E-state index contributed by atoms with van der Waals surface area (Å²) in [5, 5.41) is 13.6. The van der Waals surface area contributed by atoms with E-state index in [1.165, 1.54) is 6.07 Å². The number of rotatable bonds is 5. The average Bonchev–Trinajstić information content (AvgIpc) is 2.65. The Kier molecular flexibility index (Phi) is 6.44. The molecule has 0 aromatic heterocycles. The molecule has 0 aliphatic carbocycles. The van der Waals surface area contributed by atoms with E-state index in [9.17, 15) is 22.7 Å². The van der Waals surface area contributed by atoms with E-state index in [0.29, 0.717) is 37.3 Å². The van der Waals surface area contributed by atoms with Crippen molar-refractivity contribution < 1.29 is 22.7 Å². The van der Waals surface area contributed by atoms with Crippen LogP contribution in [-0.4, -0.2) is 47.4 Å². The lowest BCUT2D eigenvalue weighted by Gasteiger charge is -2.37. The lowest BCUT2D eigenvalue weighted by molar-refractivity contribution is -0.139. The Balaban J connectivity index is 1.54. The summed E-state index contributed by atoms with van der Waals surface area (Å²) in [6.45, 7) is 3.21. The summed E-state index contributed by atoms with van der Waals surface area (Å²) in [5.41, 5.74) is -0.232. The van der Waals surface area contributed by atoms with Gasteiger partial charge in [-0.15, -0.1) is 0 Å². The molecule has 1 heterocycles. The zero-order valence-corrected chi connectivity index (χ0v) is 15.6. The molecule has 1 unspecified atom stereocenters. The number of halogens is 5. The minimum atomic E-state index is -4.79. The molecule has 4 nitrogen and oxygen atoms in total. The first kappa shape index (κ1) is 20.9. The fourth-order valence-corrected chi connectivity index (χ4v) is 3.21. The summed E-state index contributed by atoms with van der Waals surface area (Å²) < 4.78 is 51.8. The molecule has 1 aliphatic heterocycles. The van der Waals surface area contributed by atoms with Crippen molar-refractivity contribution in [1.29, 1.82) is 0 Å². The van der Waals surface area contributed by atoms with Crippen LogP contribution in [0.3, 0.4) is 0 Å². The van der Waals surface area contributed by atoms with Crippen molar-refractivity contribution in [3.05, 3.63) is 64.4 Å². The van der Waals surface area contributed by atoms with E-state index in [2.05, 4.69) is 10.2 Å². The zero-order chi connectivity index (χ0) is 20.3. The molecule has 9 heteroatoms. The number of alkyl halides is 3. The Bertz CT molecular complexity index is 793. The molecule has 1 fully saturated rings. The number of aliphatic hydroxyl groups excluding tert-OH is 1. The highest BCUT2D eigenvalue weighted by Gasteiger charge is 2.34. The molecular formula is C19H20ClF4N3O. The van der Waals surface area contributed by atoms with Gasteiger partial charge in [0, 0.05) is 43.4 Å². The first-order valence-electron chi connectivity index (χ1n) is 8.74. The van der Waals surface area contributed by atoms with Crippen LogP contribution in [0.1, 0.15) is 11.1 Å². The van der Waals surface area contributed by atoms with Crippen LogP contribution in [0.25, 0.3) is 0 Å². The summed E-state index contributed by atoms with van der Waals surface area (Å²) in [4.78, 5) is 3.93. The second kappa shape index (κ2) is 8.65. The van der Waals surface area contributed by atoms with Crippen LogP contribution in [-0.2, 0) is 12.7 Å².